The number of piperidine rings is 1. The van der Waals surface area contributed by atoms with E-state index in [4.69, 9.17) is 0 Å². The van der Waals surface area contributed by atoms with Crippen LogP contribution in [0.2, 0.25) is 0 Å². The number of aryl methyl sites for hydroxylation is 2. The summed E-state index contributed by atoms with van der Waals surface area (Å²) >= 11 is 0. The van der Waals surface area contributed by atoms with Gasteiger partial charge in [0.1, 0.15) is 11.6 Å². The van der Waals surface area contributed by atoms with Gasteiger partial charge in [0, 0.05) is 18.5 Å². The molecule has 1 aromatic carbocycles. The molecule has 0 atom stereocenters. The van der Waals surface area contributed by atoms with E-state index in [0.29, 0.717) is 7.18 Å². The van der Waals surface area contributed by atoms with E-state index in [0.717, 1.165) is 30.2 Å². The largest absolute Gasteiger partial charge is 0.356 e. The summed E-state index contributed by atoms with van der Waals surface area (Å²) in [5.74, 6) is 1.99. The molecule has 2 heterocycles. The van der Waals surface area contributed by atoms with Gasteiger partial charge < -0.3 is 4.90 Å². The van der Waals surface area contributed by atoms with Gasteiger partial charge in [-0.05, 0) is 52.2 Å². The van der Waals surface area contributed by atoms with Gasteiger partial charge in [0.2, 0.25) is 0 Å². The lowest BCUT2D eigenvalue weighted by atomic mass is 10.1. The minimum Gasteiger partial charge on any atom is -0.356 e. The summed E-state index contributed by atoms with van der Waals surface area (Å²) in [6.07, 6.45) is 9.47. The van der Waals surface area contributed by atoms with Crippen molar-refractivity contribution < 1.29 is 4.39 Å². The van der Waals surface area contributed by atoms with E-state index >= 15 is 0 Å². The number of benzene rings is 1. The molecule has 0 amide bonds. The summed E-state index contributed by atoms with van der Waals surface area (Å²) in [7, 11) is 0.500. The highest BCUT2D eigenvalue weighted by Crippen LogP contribution is 2.27. The highest BCUT2D eigenvalue weighted by atomic mass is 19.1. The molecule has 0 unspecified atom stereocenters. The molecule has 1 saturated heterocycles. The summed E-state index contributed by atoms with van der Waals surface area (Å²) in [5, 5.41) is 1.20. The van der Waals surface area contributed by atoms with Gasteiger partial charge in [0.15, 0.2) is 0 Å². The lowest BCUT2D eigenvalue weighted by Crippen LogP contribution is -2.30. The Morgan fingerprint density at radius 1 is 1.04 bits per heavy atom. The number of alkyl halides is 1. The number of halogens is 1. The molecule has 2 aromatic rings. The first-order valence-electron chi connectivity index (χ1n) is 9.77. The smallest absolute Gasteiger partial charge is 0.140 e. The SMILES string of the molecule is C=C/C=C\C.CC.CF.Cc1ccc2nc(C)nc(N3CCCCC3)c2c1. The molecule has 0 spiro atoms. The summed E-state index contributed by atoms with van der Waals surface area (Å²) in [4.78, 5) is 11.6. The Balaban J connectivity index is 0.000000646. The zero-order chi connectivity index (χ0) is 20.7. The molecule has 0 radical (unpaired) electrons. The Morgan fingerprint density at radius 3 is 2.19 bits per heavy atom. The van der Waals surface area contributed by atoms with Crippen molar-refractivity contribution in [3.8, 4) is 0 Å². The van der Waals surface area contributed by atoms with E-state index in [1.807, 2.05) is 39.8 Å². The molecule has 27 heavy (non-hydrogen) atoms. The van der Waals surface area contributed by atoms with E-state index in [-0.39, 0.29) is 0 Å². The van der Waals surface area contributed by atoms with Crippen molar-refractivity contribution in [1.29, 1.82) is 0 Å². The van der Waals surface area contributed by atoms with Crippen LogP contribution in [0.15, 0.2) is 43.0 Å². The number of fused-ring (bicyclic) bond motifs is 1. The zero-order valence-electron chi connectivity index (χ0n) is 17.9. The van der Waals surface area contributed by atoms with Crippen LogP contribution in [0.5, 0.6) is 0 Å². The van der Waals surface area contributed by atoms with Crippen molar-refractivity contribution >= 4 is 16.7 Å². The molecular weight excluding hydrogens is 337 g/mol. The Hall–Kier alpha value is -2.23. The van der Waals surface area contributed by atoms with E-state index in [1.54, 1.807) is 6.08 Å². The van der Waals surface area contributed by atoms with Crippen molar-refractivity contribution in [3.63, 3.8) is 0 Å². The highest BCUT2D eigenvalue weighted by Gasteiger charge is 2.16. The fourth-order valence-corrected chi connectivity index (χ4v) is 2.82. The third kappa shape index (κ3) is 8.33. The minimum absolute atomic E-state index is 0.500. The van der Waals surface area contributed by atoms with E-state index in [2.05, 4.69) is 46.6 Å². The van der Waals surface area contributed by atoms with Gasteiger partial charge in [-0.2, -0.15) is 0 Å². The third-order valence-electron chi connectivity index (χ3n) is 3.93. The molecule has 0 N–H and O–H groups in total. The van der Waals surface area contributed by atoms with Gasteiger partial charge in [-0.3, -0.25) is 4.39 Å². The molecular formula is C23H36FN3. The van der Waals surface area contributed by atoms with Crippen molar-refractivity contribution in [2.24, 2.45) is 0 Å². The Bertz CT molecular complexity index is 689. The van der Waals surface area contributed by atoms with Crippen LogP contribution in [-0.2, 0) is 0 Å². The first-order chi connectivity index (χ1) is 13.2. The Morgan fingerprint density at radius 2 is 1.67 bits per heavy atom. The second-order valence-corrected chi connectivity index (χ2v) is 5.92. The van der Waals surface area contributed by atoms with Crippen molar-refractivity contribution in [2.45, 2.75) is 53.9 Å². The second-order valence-electron chi connectivity index (χ2n) is 5.92. The predicted molar refractivity (Wildman–Crippen MR) is 118 cm³/mol. The second kappa shape index (κ2) is 14.9. The van der Waals surface area contributed by atoms with E-state index < -0.39 is 0 Å². The fourth-order valence-electron chi connectivity index (χ4n) is 2.82. The predicted octanol–water partition coefficient (Wildman–Crippen LogP) is 6.60. The average molecular weight is 374 g/mol. The number of hydrogen-bond donors (Lipinski definition) is 0. The third-order valence-corrected chi connectivity index (χ3v) is 3.93. The van der Waals surface area contributed by atoms with Gasteiger partial charge in [-0.1, -0.05) is 50.3 Å². The molecule has 1 aliphatic heterocycles. The molecule has 3 nitrogen and oxygen atoms in total. The fraction of sp³-hybridized carbons (Fsp3) is 0.478. The van der Waals surface area contributed by atoms with Crippen molar-refractivity contribution in [3.05, 3.63) is 54.4 Å². The quantitative estimate of drug-likeness (QED) is 0.555. The van der Waals surface area contributed by atoms with Gasteiger partial charge >= 0.3 is 0 Å². The van der Waals surface area contributed by atoms with Crippen molar-refractivity contribution in [1.82, 2.24) is 9.97 Å². The van der Waals surface area contributed by atoms with Crippen LogP contribution in [0.4, 0.5) is 10.2 Å². The van der Waals surface area contributed by atoms with Gasteiger partial charge in [0.25, 0.3) is 0 Å². The lowest BCUT2D eigenvalue weighted by molar-refractivity contribution is 0.574. The number of aromatic nitrogens is 2. The maximum absolute atomic E-state index is 9.50. The minimum atomic E-state index is 0.500. The van der Waals surface area contributed by atoms with Gasteiger partial charge in [0.05, 0.1) is 12.7 Å². The molecule has 0 aliphatic carbocycles. The number of nitrogens with zero attached hydrogens (tertiary/aromatic N) is 3. The summed E-state index contributed by atoms with van der Waals surface area (Å²) in [5.41, 5.74) is 2.34. The highest BCUT2D eigenvalue weighted by molar-refractivity contribution is 5.90. The lowest BCUT2D eigenvalue weighted by Gasteiger charge is -2.28. The molecule has 1 aromatic heterocycles. The molecule has 1 aliphatic rings. The van der Waals surface area contributed by atoms with Crippen LogP contribution >= 0.6 is 0 Å². The number of allylic oxidation sites excluding steroid dienone is 3. The van der Waals surface area contributed by atoms with E-state index in [1.165, 1.54) is 30.2 Å². The molecule has 0 bridgehead atoms. The van der Waals surface area contributed by atoms with Crippen LogP contribution in [0.25, 0.3) is 10.9 Å². The van der Waals surface area contributed by atoms with Crippen LogP contribution in [0.3, 0.4) is 0 Å². The average Bonchev–Trinajstić information content (AvgIpc) is 2.72. The van der Waals surface area contributed by atoms with Crippen molar-refractivity contribution in [2.75, 3.05) is 25.2 Å². The van der Waals surface area contributed by atoms with Gasteiger partial charge in [-0.25, -0.2) is 9.97 Å². The maximum Gasteiger partial charge on any atom is 0.140 e. The van der Waals surface area contributed by atoms with Gasteiger partial charge in [-0.15, -0.1) is 0 Å². The molecule has 1 fully saturated rings. The maximum atomic E-state index is 9.50. The number of hydrogen-bond acceptors (Lipinski definition) is 3. The monoisotopic (exact) mass is 373 g/mol. The van der Waals surface area contributed by atoms with Crippen LogP contribution in [0.1, 0.15) is 51.4 Å². The summed E-state index contributed by atoms with van der Waals surface area (Å²) in [6.45, 7) is 15.8. The number of anilines is 1. The Labute approximate surface area is 165 Å². The normalized spacial score (nSPS) is 12.9. The molecule has 4 heteroatoms. The molecule has 3 rings (SSSR count). The standard InChI is InChI=1S/C15H19N3.C5H8.C2H6.CH3F/c1-11-6-7-14-13(10-11)15(17-12(2)16-14)18-8-4-3-5-9-18;1-3-5-4-2;2*1-2/h6-7,10H,3-5,8-9H2,1-2H3;3-5H,1H2,2H3;1-2H3;1H3/b;5-4-;;. The molecule has 0 saturated carbocycles. The summed E-state index contributed by atoms with van der Waals surface area (Å²) in [6, 6.07) is 6.43. The van der Waals surface area contributed by atoms with Crippen LogP contribution in [0, 0.1) is 13.8 Å². The molecule has 150 valence electrons. The van der Waals surface area contributed by atoms with Crippen LogP contribution < -0.4 is 4.90 Å². The first-order valence-corrected chi connectivity index (χ1v) is 9.77. The summed E-state index contributed by atoms with van der Waals surface area (Å²) < 4.78 is 9.50. The Kier molecular flexibility index (Phi) is 13.7. The topological polar surface area (TPSA) is 29.0 Å². The first kappa shape index (κ1) is 24.8. The number of rotatable bonds is 2. The zero-order valence-corrected chi connectivity index (χ0v) is 17.9. The van der Waals surface area contributed by atoms with Crippen LogP contribution in [-0.4, -0.2) is 30.2 Å². The van der Waals surface area contributed by atoms with E-state index in [9.17, 15) is 4.39 Å².